The van der Waals surface area contributed by atoms with E-state index in [0.717, 1.165) is 23.8 Å². The fourth-order valence-electron chi connectivity index (χ4n) is 1.84. The van der Waals surface area contributed by atoms with Crippen LogP contribution in [-0.2, 0) is 23.0 Å². The minimum absolute atomic E-state index is 0.0155. The van der Waals surface area contributed by atoms with Gasteiger partial charge in [0.2, 0.25) is 10.0 Å². The van der Waals surface area contributed by atoms with Gasteiger partial charge in [-0.2, -0.15) is 0 Å². The predicted molar refractivity (Wildman–Crippen MR) is 77.1 cm³/mol. The van der Waals surface area contributed by atoms with Crippen LogP contribution in [0.1, 0.15) is 11.1 Å². The third-order valence-corrected chi connectivity index (χ3v) is 4.32. The Morgan fingerprint density at radius 1 is 1.00 bits per heavy atom. The minimum Gasteiger partial charge on any atom is -0.212 e. The van der Waals surface area contributed by atoms with Gasteiger partial charge in [0.15, 0.2) is 0 Å². The van der Waals surface area contributed by atoms with Crippen molar-refractivity contribution in [3.8, 4) is 0 Å². The molecule has 0 aliphatic heterocycles. The zero-order chi connectivity index (χ0) is 15.3. The number of nitrogens with one attached hydrogen (secondary N) is 1. The topological polar surface area (TPSA) is 46.2 Å². The average Bonchev–Trinajstić information content (AvgIpc) is 2.47. The molecule has 0 bridgehead atoms. The molecule has 1 N–H and O–H groups in total. The van der Waals surface area contributed by atoms with Gasteiger partial charge in [0.25, 0.3) is 0 Å². The van der Waals surface area contributed by atoms with E-state index in [9.17, 15) is 17.2 Å². The van der Waals surface area contributed by atoms with Gasteiger partial charge in [-0.05, 0) is 30.2 Å². The number of halogens is 2. The maximum absolute atomic E-state index is 13.4. The van der Waals surface area contributed by atoms with Crippen LogP contribution in [0, 0.1) is 11.6 Å². The largest absolute Gasteiger partial charge is 0.212 e. The van der Waals surface area contributed by atoms with Gasteiger partial charge in [0, 0.05) is 12.1 Å². The summed E-state index contributed by atoms with van der Waals surface area (Å²) in [6.45, 7) is -0.263. The van der Waals surface area contributed by atoms with E-state index in [1.54, 1.807) is 0 Å². The normalized spacial score (nSPS) is 11.5. The third kappa shape index (κ3) is 4.91. The molecule has 6 heteroatoms. The number of benzene rings is 2. The van der Waals surface area contributed by atoms with Crippen LogP contribution < -0.4 is 4.72 Å². The van der Waals surface area contributed by atoms with E-state index in [-0.39, 0.29) is 17.9 Å². The second-order valence-electron chi connectivity index (χ2n) is 4.61. The molecule has 0 fully saturated rings. The monoisotopic (exact) mass is 311 g/mol. The molecule has 0 saturated carbocycles. The van der Waals surface area contributed by atoms with Gasteiger partial charge in [0.1, 0.15) is 11.6 Å². The standard InChI is InChI=1S/C15H15F2NO2S/c16-14-6-7-15(17)13(10-14)11-18-21(19,20)9-8-12-4-2-1-3-5-12/h1-7,10,18H,8-9,11H2. The fourth-order valence-corrected chi connectivity index (χ4v) is 2.86. The second-order valence-corrected chi connectivity index (χ2v) is 6.54. The lowest BCUT2D eigenvalue weighted by molar-refractivity contribution is 0.566. The average molecular weight is 311 g/mol. The van der Waals surface area contributed by atoms with E-state index < -0.39 is 21.7 Å². The molecule has 0 amide bonds. The van der Waals surface area contributed by atoms with Crippen LogP contribution in [0.2, 0.25) is 0 Å². The Bertz CT molecular complexity index is 703. The lowest BCUT2D eigenvalue weighted by Gasteiger charge is -2.08. The molecule has 0 saturated heterocycles. The van der Waals surface area contributed by atoms with Crippen molar-refractivity contribution >= 4 is 10.0 Å². The molecule has 2 rings (SSSR count). The molecular weight excluding hydrogens is 296 g/mol. The summed E-state index contributed by atoms with van der Waals surface area (Å²) in [7, 11) is -3.55. The Balaban J connectivity index is 1.93. The van der Waals surface area contributed by atoms with Crippen LogP contribution in [-0.4, -0.2) is 14.2 Å². The first-order valence-corrected chi connectivity index (χ1v) is 8.07. The number of aryl methyl sites for hydroxylation is 1. The Morgan fingerprint density at radius 3 is 2.43 bits per heavy atom. The van der Waals surface area contributed by atoms with Gasteiger partial charge in [-0.25, -0.2) is 21.9 Å². The number of hydrogen-bond donors (Lipinski definition) is 1. The van der Waals surface area contributed by atoms with E-state index in [2.05, 4.69) is 4.72 Å². The summed E-state index contributed by atoms with van der Waals surface area (Å²) < 4.78 is 52.4. The lowest BCUT2D eigenvalue weighted by atomic mass is 10.2. The highest BCUT2D eigenvalue weighted by Gasteiger charge is 2.12. The van der Waals surface area contributed by atoms with Crippen LogP contribution in [0.25, 0.3) is 0 Å². The third-order valence-electron chi connectivity index (χ3n) is 2.99. The molecule has 112 valence electrons. The summed E-state index contributed by atoms with van der Waals surface area (Å²) in [6.07, 6.45) is 0.363. The molecule has 0 spiro atoms. The molecule has 2 aromatic carbocycles. The summed E-state index contributed by atoms with van der Waals surface area (Å²) in [5.41, 5.74) is 0.887. The molecule has 0 heterocycles. The predicted octanol–water partition coefficient (Wildman–Crippen LogP) is 2.63. The number of hydrogen-bond acceptors (Lipinski definition) is 2. The lowest BCUT2D eigenvalue weighted by Crippen LogP contribution is -2.27. The van der Waals surface area contributed by atoms with Gasteiger partial charge >= 0.3 is 0 Å². The molecule has 0 atom stereocenters. The first-order chi connectivity index (χ1) is 9.96. The molecule has 0 aliphatic carbocycles. The summed E-state index contributed by atoms with van der Waals surface area (Å²) in [4.78, 5) is 0. The molecule has 0 radical (unpaired) electrons. The zero-order valence-electron chi connectivity index (χ0n) is 11.2. The van der Waals surface area contributed by atoms with Crippen molar-refractivity contribution in [2.45, 2.75) is 13.0 Å². The van der Waals surface area contributed by atoms with Crippen LogP contribution >= 0.6 is 0 Å². The number of sulfonamides is 1. The summed E-state index contributed by atoms with van der Waals surface area (Å²) in [6, 6.07) is 12.1. The van der Waals surface area contributed by atoms with Crippen LogP contribution in [0.5, 0.6) is 0 Å². The van der Waals surface area contributed by atoms with E-state index in [4.69, 9.17) is 0 Å². The summed E-state index contributed by atoms with van der Waals surface area (Å²) in [5.74, 6) is -1.34. The van der Waals surface area contributed by atoms with Gasteiger partial charge in [-0.15, -0.1) is 0 Å². The van der Waals surface area contributed by atoms with Crippen molar-refractivity contribution in [3.63, 3.8) is 0 Å². The maximum Gasteiger partial charge on any atom is 0.212 e. The van der Waals surface area contributed by atoms with Crippen molar-refractivity contribution in [2.75, 3.05) is 5.75 Å². The molecular formula is C15H15F2NO2S. The Kier molecular flexibility index (Phi) is 5.03. The fraction of sp³-hybridized carbons (Fsp3) is 0.200. The van der Waals surface area contributed by atoms with E-state index >= 15 is 0 Å². The first-order valence-electron chi connectivity index (χ1n) is 6.41. The molecule has 0 aliphatic rings. The molecule has 0 unspecified atom stereocenters. The molecule has 0 aromatic heterocycles. The summed E-state index contributed by atoms with van der Waals surface area (Å²) >= 11 is 0. The van der Waals surface area contributed by atoms with Crippen molar-refractivity contribution in [3.05, 3.63) is 71.3 Å². The van der Waals surface area contributed by atoms with Gasteiger partial charge in [0.05, 0.1) is 5.75 Å². The quantitative estimate of drug-likeness (QED) is 0.891. The van der Waals surface area contributed by atoms with Crippen LogP contribution in [0.15, 0.2) is 48.5 Å². The van der Waals surface area contributed by atoms with Crippen molar-refractivity contribution < 1.29 is 17.2 Å². The zero-order valence-corrected chi connectivity index (χ0v) is 12.0. The highest BCUT2D eigenvalue weighted by Crippen LogP contribution is 2.10. The molecule has 2 aromatic rings. The van der Waals surface area contributed by atoms with E-state index in [0.29, 0.717) is 6.42 Å². The highest BCUT2D eigenvalue weighted by molar-refractivity contribution is 7.89. The first kappa shape index (κ1) is 15.6. The van der Waals surface area contributed by atoms with E-state index in [1.807, 2.05) is 30.3 Å². The van der Waals surface area contributed by atoms with Crippen LogP contribution in [0.3, 0.4) is 0 Å². The SMILES string of the molecule is O=S(=O)(CCc1ccccc1)NCc1cc(F)ccc1F. The van der Waals surface area contributed by atoms with Crippen molar-refractivity contribution in [1.82, 2.24) is 4.72 Å². The number of rotatable bonds is 6. The highest BCUT2D eigenvalue weighted by atomic mass is 32.2. The Morgan fingerprint density at radius 2 is 1.71 bits per heavy atom. The van der Waals surface area contributed by atoms with Crippen LogP contribution in [0.4, 0.5) is 8.78 Å². The Hall–Kier alpha value is -1.79. The molecule has 3 nitrogen and oxygen atoms in total. The molecule has 21 heavy (non-hydrogen) atoms. The Labute approximate surface area is 122 Å². The van der Waals surface area contributed by atoms with Crippen molar-refractivity contribution in [2.24, 2.45) is 0 Å². The van der Waals surface area contributed by atoms with Gasteiger partial charge in [-0.3, -0.25) is 0 Å². The van der Waals surface area contributed by atoms with Crippen molar-refractivity contribution in [1.29, 1.82) is 0 Å². The summed E-state index contributed by atoms with van der Waals surface area (Å²) in [5, 5.41) is 0. The smallest absolute Gasteiger partial charge is 0.212 e. The van der Waals surface area contributed by atoms with Gasteiger partial charge in [-0.1, -0.05) is 30.3 Å². The van der Waals surface area contributed by atoms with E-state index in [1.165, 1.54) is 0 Å². The minimum atomic E-state index is -3.55. The second kappa shape index (κ2) is 6.78. The maximum atomic E-state index is 13.4. The van der Waals surface area contributed by atoms with Gasteiger partial charge < -0.3 is 0 Å².